The van der Waals surface area contributed by atoms with E-state index >= 15 is 0 Å². The Morgan fingerprint density at radius 1 is 0.667 bits per heavy atom. The van der Waals surface area contributed by atoms with Gasteiger partial charge in [-0.2, -0.15) is 0 Å². The zero-order valence-electron chi connectivity index (χ0n) is 25.0. The fraction of sp³-hybridized carbons (Fsp3) is 0.594. The number of rotatable bonds is 13. The summed E-state index contributed by atoms with van der Waals surface area (Å²) in [6.07, 6.45) is 11.3. The van der Waals surface area contributed by atoms with Gasteiger partial charge in [0.25, 0.3) is 5.91 Å². The van der Waals surface area contributed by atoms with Crippen molar-refractivity contribution in [2.45, 2.75) is 71.1 Å². The number of benzene rings is 1. The molecule has 42 heavy (non-hydrogen) atoms. The predicted molar refractivity (Wildman–Crippen MR) is 163 cm³/mol. The molecule has 0 spiro atoms. The second-order valence-corrected chi connectivity index (χ2v) is 10.2. The van der Waals surface area contributed by atoms with Gasteiger partial charge in [0.1, 0.15) is 24.8 Å². The van der Waals surface area contributed by atoms with E-state index in [0.29, 0.717) is 88.0 Å². The van der Waals surface area contributed by atoms with Gasteiger partial charge in [0, 0.05) is 12.0 Å². The van der Waals surface area contributed by atoms with Crippen molar-refractivity contribution in [3.05, 3.63) is 42.0 Å². The zero-order valence-corrected chi connectivity index (χ0v) is 25.0. The minimum absolute atomic E-state index is 0.0742. The van der Waals surface area contributed by atoms with Gasteiger partial charge in [-0.25, -0.2) is 4.98 Å². The summed E-state index contributed by atoms with van der Waals surface area (Å²) in [7, 11) is 0. The van der Waals surface area contributed by atoms with Crippen LogP contribution in [0.2, 0.25) is 0 Å². The van der Waals surface area contributed by atoms with E-state index in [-0.39, 0.29) is 11.8 Å². The molecule has 0 aliphatic carbocycles. The first-order valence-electron chi connectivity index (χ1n) is 15.4. The van der Waals surface area contributed by atoms with Gasteiger partial charge in [-0.15, -0.1) is 0 Å². The zero-order chi connectivity index (χ0) is 29.7. The molecule has 10 nitrogen and oxygen atoms in total. The Balaban J connectivity index is 1.47. The molecule has 0 unspecified atom stereocenters. The molecule has 1 aliphatic rings. The number of nitrogens with one attached hydrogen (secondary N) is 2. The molecule has 0 saturated carbocycles. The molecule has 3 rings (SSSR count). The highest BCUT2D eigenvalue weighted by Crippen LogP contribution is 2.29. The van der Waals surface area contributed by atoms with Crippen LogP contribution in [0.25, 0.3) is 0 Å². The van der Waals surface area contributed by atoms with E-state index < -0.39 is 0 Å². The van der Waals surface area contributed by atoms with E-state index in [1.54, 1.807) is 36.4 Å². The number of anilines is 2. The van der Waals surface area contributed by atoms with E-state index in [0.717, 1.165) is 19.3 Å². The van der Waals surface area contributed by atoms with Crippen LogP contribution in [0, 0.1) is 0 Å². The largest absolute Gasteiger partial charge is 0.487 e. The summed E-state index contributed by atoms with van der Waals surface area (Å²) in [4.78, 5) is 29.8. The van der Waals surface area contributed by atoms with Crippen molar-refractivity contribution in [1.82, 2.24) is 4.98 Å². The Morgan fingerprint density at radius 3 is 1.86 bits per heavy atom. The topological polar surface area (TPSA) is 117 Å². The number of amides is 2. The van der Waals surface area contributed by atoms with Crippen molar-refractivity contribution in [3.63, 3.8) is 0 Å². The average molecular weight is 586 g/mol. The maximum absolute atomic E-state index is 13.0. The molecule has 1 aromatic carbocycles. The summed E-state index contributed by atoms with van der Waals surface area (Å²) < 4.78 is 28.1. The van der Waals surface area contributed by atoms with Crippen LogP contribution >= 0.6 is 0 Å². The van der Waals surface area contributed by atoms with E-state index in [1.165, 1.54) is 38.5 Å². The molecule has 2 heterocycles. The molecule has 1 aromatic heterocycles. The average Bonchev–Trinajstić information content (AvgIpc) is 3.00. The van der Waals surface area contributed by atoms with Gasteiger partial charge in [-0.05, 0) is 36.8 Å². The molecule has 0 radical (unpaired) electrons. The summed E-state index contributed by atoms with van der Waals surface area (Å²) in [5, 5.41) is 5.64. The lowest BCUT2D eigenvalue weighted by Crippen LogP contribution is -2.16. The van der Waals surface area contributed by atoms with Gasteiger partial charge in [0.05, 0.1) is 39.6 Å². The molecule has 10 heteroatoms. The third-order valence-electron chi connectivity index (χ3n) is 6.69. The Bertz CT molecular complexity index is 1070. The molecule has 2 aromatic rings. The monoisotopic (exact) mass is 585 g/mol. The molecule has 2 amide bonds. The number of nitrogens with zero attached hydrogens (tertiary/aromatic N) is 1. The summed E-state index contributed by atoms with van der Waals surface area (Å²) in [6, 6.07) is 10.1. The van der Waals surface area contributed by atoms with Crippen LogP contribution in [-0.2, 0) is 19.0 Å². The van der Waals surface area contributed by atoms with E-state index in [1.807, 2.05) is 0 Å². The van der Waals surface area contributed by atoms with Crippen molar-refractivity contribution in [2.75, 3.05) is 63.5 Å². The quantitative estimate of drug-likeness (QED) is 0.274. The highest BCUT2D eigenvalue weighted by atomic mass is 16.6. The Kier molecular flexibility index (Phi) is 16.4. The van der Waals surface area contributed by atoms with E-state index in [4.69, 9.17) is 23.7 Å². The standard InChI is InChI=1S/C32H47N3O7/c1-2-3-4-5-6-7-8-9-10-14-31(36)34-29-12-11-13-30(33-29)35-32(37)26-15-16-27-28(25-26)42-24-22-40-20-18-38-17-19-39-21-23-41-27/h11-13,15-16,25H,2-10,14,17-24H2,1H3,(H2,33,34,35,36,37). The van der Waals surface area contributed by atoms with Crippen LogP contribution in [0.15, 0.2) is 36.4 Å². The predicted octanol–water partition coefficient (Wildman–Crippen LogP) is 6.01. The number of ether oxygens (including phenoxy) is 5. The number of carbonyl (C=O) groups is 2. The van der Waals surface area contributed by atoms with E-state index in [2.05, 4.69) is 22.5 Å². The van der Waals surface area contributed by atoms with E-state index in [9.17, 15) is 9.59 Å². The van der Waals surface area contributed by atoms with Crippen LogP contribution in [0.3, 0.4) is 0 Å². The molecule has 0 fully saturated rings. The Morgan fingerprint density at radius 2 is 1.21 bits per heavy atom. The van der Waals surface area contributed by atoms with Crippen molar-refractivity contribution in [1.29, 1.82) is 0 Å². The first-order chi connectivity index (χ1) is 20.7. The number of carbonyl (C=O) groups excluding carboxylic acids is 2. The van der Waals surface area contributed by atoms with Crippen molar-refractivity contribution in [3.8, 4) is 11.5 Å². The molecule has 0 bridgehead atoms. The van der Waals surface area contributed by atoms with Crippen LogP contribution < -0.4 is 20.1 Å². The lowest BCUT2D eigenvalue weighted by molar-refractivity contribution is -0.116. The van der Waals surface area contributed by atoms with Gasteiger partial charge in [-0.1, -0.05) is 64.4 Å². The Labute approximate surface area is 249 Å². The lowest BCUT2D eigenvalue weighted by Gasteiger charge is -2.14. The number of fused-ring (bicyclic) bond motifs is 1. The third-order valence-corrected chi connectivity index (χ3v) is 6.69. The SMILES string of the molecule is CCCCCCCCCCCC(=O)Nc1cccc(NC(=O)c2ccc3c(c2)OCCOCCOCCOCCO3)n1. The summed E-state index contributed by atoms with van der Waals surface area (Å²) >= 11 is 0. The van der Waals surface area contributed by atoms with Gasteiger partial charge in [-0.3, -0.25) is 9.59 Å². The second kappa shape index (κ2) is 20.6. The van der Waals surface area contributed by atoms with Crippen LogP contribution in [-0.4, -0.2) is 69.7 Å². The van der Waals surface area contributed by atoms with Gasteiger partial charge in [0.2, 0.25) is 5.91 Å². The number of aromatic nitrogens is 1. The molecule has 0 atom stereocenters. The maximum Gasteiger partial charge on any atom is 0.256 e. The van der Waals surface area contributed by atoms with Crippen molar-refractivity contribution in [2.24, 2.45) is 0 Å². The van der Waals surface area contributed by atoms with Crippen LogP contribution in [0.5, 0.6) is 11.5 Å². The molecule has 0 saturated heterocycles. The van der Waals surface area contributed by atoms with Crippen LogP contribution in [0.4, 0.5) is 11.6 Å². The molecule has 232 valence electrons. The minimum Gasteiger partial charge on any atom is -0.487 e. The fourth-order valence-corrected chi connectivity index (χ4v) is 4.41. The highest BCUT2D eigenvalue weighted by Gasteiger charge is 2.14. The molecule has 1 aliphatic heterocycles. The summed E-state index contributed by atoms with van der Waals surface area (Å²) in [5.41, 5.74) is 0.377. The van der Waals surface area contributed by atoms with Gasteiger partial charge in [0.15, 0.2) is 11.5 Å². The summed E-state index contributed by atoms with van der Waals surface area (Å²) in [5.74, 6) is 1.24. The van der Waals surface area contributed by atoms with Crippen LogP contribution in [0.1, 0.15) is 81.5 Å². The third kappa shape index (κ3) is 13.6. The highest BCUT2D eigenvalue weighted by molar-refractivity contribution is 6.04. The first kappa shape index (κ1) is 33.3. The first-order valence-corrected chi connectivity index (χ1v) is 15.4. The molecule has 2 N–H and O–H groups in total. The lowest BCUT2D eigenvalue weighted by atomic mass is 10.1. The molecular formula is C32H47N3O7. The maximum atomic E-state index is 13.0. The number of pyridine rings is 1. The fourth-order valence-electron chi connectivity index (χ4n) is 4.41. The number of unbranched alkanes of at least 4 members (excludes halogenated alkanes) is 8. The molecular weight excluding hydrogens is 538 g/mol. The normalized spacial score (nSPS) is 14.8. The summed E-state index contributed by atoms with van der Waals surface area (Å²) in [6.45, 7) is 5.55. The Hall–Kier alpha value is -3.21. The smallest absolute Gasteiger partial charge is 0.256 e. The number of hydrogen-bond acceptors (Lipinski definition) is 8. The number of hydrogen-bond donors (Lipinski definition) is 2. The van der Waals surface area contributed by atoms with Gasteiger partial charge >= 0.3 is 0 Å². The minimum atomic E-state index is -0.361. The second-order valence-electron chi connectivity index (χ2n) is 10.2. The van der Waals surface area contributed by atoms with Crippen molar-refractivity contribution >= 4 is 23.5 Å². The van der Waals surface area contributed by atoms with Gasteiger partial charge < -0.3 is 34.3 Å². The van der Waals surface area contributed by atoms with Crippen molar-refractivity contribution < 1.29 is 33.3 Å².